The van der Waals surface area contributed by atoms with E-state index in [0.29, 0.717) is 13.0 Å². The summed E-state index contributed by atoms with van der Waals surface area (Å²) in [7, 11) is 0. The number of ether oxygens (including phenoxy) is 5. The van der Waals surface area contributed by atoms with Gasteiger partial charge in [-0.25, -0.2) is 4.39 Å². The molecule has 3 fully saturated rings. The molecule has 0 aromatic heterocycles. The first-order valence-corrected chi connectivity index (χ1v) is 9.68. The number of rotatable bonds is 6. The highest BCUT2D eigenvalue weighted by Crippen LogP contribution is 2.31. The van der Waals surface area contributed by atoms with Gasteiger partial charge < -0.3 is 54.3 Å². The Labute approximate surface area is 166 Å². The molecule has 12 heteroatoms. The average molecular weight is 428 g/mol. The largest absolute Gasteiger partial charge is 0.394 e. The molecule has 0 saturated carbocycles. The summed E-state index contributed by atoms with van der Waals surface area (Å²) < 4.78 is 40.4. The van der Waals surface area contributed by atoms with Crippen molar-refractivity contribution in [2.45, 2.75) is 87.0 Å². The van der Waals surface area contributed by atoms with Crippen LogP contribution in [0.3, 0.4) is 0 Å². The fourth-order valence-corrected chi connectivity index (χ4v) is 3.69. The van der Waals surface area contributed by atoms with E-state index in [0.717, 1.165) is 12.8 Å². The molecular weight excluding hydrogens is 399 g/mol. The Morgan fingerprint density at radius 2 is 1.41 bits per heavy atom. The maximum absolute atomic E-state index is 13.6. The van der Waals surface area contributed by atoms with Crippen LogP contribution in [0.25, 0.3) is 0 Å². The zero-order chi connectivity index (χ0) is 21.1. The van der Waals surface area contributed by atoms with Gasteiger partial charge in [-0.15, -0.1) is 0 Å². The standard InChI is InChI=1S/C17H29FO11/c18-16-12(23)10(21)15(7(5-19)26-16)29-17-13(24)11(22)14(8(6-20)27-17)28-9-3-1-2-4-25-9/h7-17,19-24H,1-6H2/t7-,8-,9?,10-,11-,12-,13-,14-,15-,16+,17?/m1/s1. The molecule has 0 radical (unpaired) electrons. The smallest absolute Gasteiger partial charge is 0.228 e. The molecule has 3 rings (SSSR count). The minimum absolute atomic E-state index is 0.492. The molecule has 29 heavy (non-hydrogen) atoms. The second-order valence-corrected chi connectivity index (χ2v) is 7.39. The Kier molecular flexibility index (Phi) is 8.14. The Balaban J connectivity index is 1.67. The quantitative estimate of drug-likeness (QED) is 0.257. The minimum Gasteiger partial charge on any atom is -0.394 e. The van der Waals surface area contributed by atoms with E-state index in [4.69, 9.17) is 23.7 Å². The molecule has 3 aliphatic heterocycles. The summed E-state index contributed by atoms with van der Waals surface area (Å²) in [5.41, 5.74) is 0. The summed E-state index contributed by atoms with van der Waals surface area (Å²) in [4.78, 5) is 0. The predicted octanol–water partition coefficient (Wildman–Crippen LogP) is -2.87. The Hall–Kier alpha value is -0.510. The first-order valence-electron chi connectivity index (χ1n) is 9.68. The van der Waals surface area contributed by atoms with E-state index >= 15 is 0 Å². The van der Waals surface area contributed by atoms with Crippen LogP contribution in [0, 0.1) is 0 Å². The van der Waals surface area contributed by atoms with Gasteiger partial charge in [0.2, 0.25) is 6.36 Å². The summed E-state index contributed by atoms with van der Waals surface area (Å²) in [6.07, 6.45) is -14.1. The first-order chi connectivity index (χ1) is 13.9. The van der Waals surface area contributed by atoms with Crippen LogP contribution in [0.1, 0.15) is 19.3 Å². The highest BCUT2D eigenvalue weighted by molar-refractivity contribution is 4.94. The number of hydrogen-bond acceptors (Lipinski definition) is 11. The molecule has 3 aliphatic rings. The van der Waals surface area contributed by atoms with Crippen LogP contribution in [0.2, 0.25) is 0 Å². The van der Waals surface area contributed by atoms with Gasteiger partial charge in [0.1, 0.15) is 48.8 Å². The number of hydrogen-bond donors (Lipinski definition) is 6. The topological polar surface area (TPSA) is 168 Å². The number of aliphatic hydroxyl groups is 6. The van der Waals surface area contributed by atoms with E-state index in [2.05, 4.69) is 0 Å². The third-order valence-electron chi connectivity index (χ3n) is 5.36. The van der Waals surface area contributed by atoms with E-state index < -0.39 is 81.0 Å². The summed E-state index contributed by atoms with van der Waals surface area (Å²) in [6, 6.07) is 0. The van der Waals surface area contributed by atoms with Crippen LogP contribution in [0.15, 0.2) is 0 Å². The van der Waals surface area contributed by atoms with Crippen molar-refractivity contribution in [1.29, 1.82) is 0 Å². The molecule has 11 atom stereocenters. The second-order valence-electron chi connectivity index (χ2n) is 7.39. The zero-order valence-corrected chi connectivity index (χ0v) is 15.7. The molecular formula is C17H29FO11. The van der Waals surface area contributed by atoms with Crippen LogP contribution in [0.4, 0.5) is 4.39 Å². The van der Waals surface area contributed by atoms with E-state index in [1.165, 1.54) is 0 Å². The van der Waals surface area contributed by atoms with Crippen LogP contribution in [-0.2, 0) is 23.7 Å². The van der Waals surface area contributed by atoms with Gasteiger partial charge in [0.15, 0.2) is 12.6 Å². The van der Waals surface area contributed by atoms with Gasteiger partial charge in [-0.3, -0.25) is 0 Å². The van der Waals surface area contributed by atoms with Gasteiger partial charge in [0.25, 0.3) is 0 Å². The molecule has 0 amide bonds. The number of halogens is 1. The molecule has 170 valence electrons. The van der Waals surface area contributed by atoms with Gasteiger partial charge in [-0.05, 0) is 19.3 Å². The van der Waals surface area contributed by atoms with E-state index in [-0.39, 0.29) is 0 Å². The van der Waals surface area contributed by atoms with Crippen molar-refractivity contribution in [2.24, 2.45) is 0 Å². The Morgan fingerprint density at radius 3 is 2.03 bits per heavy atom. The van der Waals surface area contributed by atoms with Crippen LogP contribution in [0.5, 0.6) is 0 Å². The first kappa shape index (κ1) is 23.2. The molecule has 2 unspecified atom stereocenters. The fourth-order valence-electron chi connectivity index (χ4n) is 3.69. The lowest BCUT2D eigenvalue weighted by molar-refractivity contribution is -0.361. The third-order valence-corrected chi connectivity index (χ3v) is 5.36. The maximum atomic E-state index is 13.6. The summed E-state index contributed by atoms with van der Waals surface area (Å²) in [5.74, 6) is 0. The summed E-state index contributed by atoms with van der Waals surface area (Å²) in [6.45, 7) is -0.829. The van der Waals surface area contributed by atoms with Crippen molar-refractivity contribution < 1.29 is 58.7 Å². The van der Waals surface area contributed by atoms with Gasteiger partial charge >= 0.3 is 0 Å². The van der Waals surface area contributed by atoms with Gasteiger partial charge in [-0.1, -0.05) is 0 Å². The molecule has 3 saturated heterocycles. The third kappa shape index (κ3) is 5.05. The van der Waals surface area contributed by atoms with E-state index in [9.17, 15) is 35.0 Å². The Bertz CT molecular complexity index is 504. The molecule has 0 spiro atoms. The molecule has 6 N–H and O–H groups in total. The lowest BCUT2D eigenvalue weighted by Crippen LogP contribution is -2.64. The lowest BCUT2D eigenvalue weighted by Gasteiger charge is -2.46. The maximum Gasteiger partial charge on any atom is 0.228 e. The summed E-state index contributed by atoms with van der Waals surface area (Å²) >= 11 is 0. The van der Waals surface area contributed by atoms with Gasteiger partial charge in [0.05, 0.1) is 13.2 Å². The van der Waals surface area contributed by atoms with Crippen LogP contribution >= 0.6 is 0 Å². The molecule has 0 bridgehead atoms. The monoisotopic (exact) mass is 428 g/mol. The van der Waals surface area contributed by atoms with Crippen molar-refractivity contribution in [3.63, 3.8) is 0 Å². The summed E-state index contributed by atoms with van der Waals surface area (Å²) in [5, 5.41) is 59.7. The van der Waals surface area contributed by atoms with Crippen molar-refractivity contribution in [2.75, 3.05) is 19.8 Å². The Morgan fingerprint density at radius 1 is 0.793 bits per heavy atom. The molecule has 3 heterocycles. The van der Waals surface area contributed by atoms with E-state index in [1.807, 2.05) is 0 Å². The number of aliphatic hydroxyl groups excluding tert-OH is 6. The lowest BCUT2D eigenvalue weighted by atomic mass is 9.97. The molecule has 11 nitrogen and oxygen atoms in total. The molecule has 0 aromatic rings. The average Bonchev–Trinajstić information content (AvgIpc) is 2.73. The minimum atomic E-state index is -2.23. The van der Waals surface area contributed by atoms with Crippen LogP contribution < -0.4 is 0 Å². The van der Waals surface area contributed by atoms with Crippen molar-refractivity contribution in [3.05, 3.63) is 0 Å². The molecule has 0 aromatic carbocycles. The van der Waals surface area contributed by atoms with Crippen molar-refractivity contribution >= 4 is 0 Å². The number of alkyl halides is 1. The van der Waals surface area contributed by atoms with Gasteiger partial charge in [-0.2, -0.15) is 0 Å². The van der Waals surface area contributed by atoms with Crippen LogP contribution in [-0.4, -0.2) is 118 Å². The van der Waals surface area contributed by atoms with Gasteiger partial charge in [0, 0.05) is 6.61 Å². The van der Waals surface area contributed by atoms with Crippen molar-refractivity contribution in [3.8, 4) is 0 Å². The van der Waals surface area contributed by atoms with Crippen molar-refractivity contribution in [1.82, 2.24) is 0 Å². The zero-order valence-electron chi connectivity index (χ0n) is 15.7. The fraction of sp³-hybridized carbons (Fsp3) is 1.00. The highest BCUT2D eigenvalue weighted by Gasteiger charge is 2.51. The second kappa shape index (κ2) is 10.2. The molecule has 0 aliphatic carbocycles. The SMILES string of the molecule is OC[C@H]1O[C@H](F)[C@H](O)[C@@H](O)[C@@H]1OC1O[C@H](CO)[C@@H](OC2CCCCO2)[C@H](O)[C@H]1O. The normalized spacial score (nSPS) is 49.1. The predicted molar refractivity (Wildman–Crippen MR) is 90.0 cm³/mol. The van der Waals surface area contributed by atoms with E-state index in [1.54, 1.807) is 0 Å². The highest BCUT2D eigenvalue weighted by atomic mass is 19.1.